The summed E-state index contributed by atoms with van der Waals surface area (Å²) in [4.78, 5) is 14.8. The summed E-state index contributed by atoms with van der Waals surface area (Å²) in [5.74, 6) is 0. The Morgan fingerprint density at radius 3 is 2.56 bits per heavy atom. The lowest BCUT2D eigenvalue weighted by Crippen LogP contribution is -2.15. The highest BCUT2D eigenvalue weighted by molar-refractivity contribution is 5.67. The molecular weight excluding hydrogens is 224 g/mol. The zero-order chi connectivity index (χ0) is 12.5. The Morgan fingerprint density at radius 2 is 1.83 bits per heavy atom. The first-order chi connectivity index (χ1) is 8.81. The van der Waals surface area contributed by atoms with Crippen molar-refractivity contribution in [1.29, 1.82) is 5.26 Å². The van der Waals surface area contributed by atoms with Gasteiger partial charge in [-0.3, -0.25) is 4.79 Å². The van der Waals surface area contributed by atoms with Gasteiger partial charge in [-0.1, -0.05) is 30.3 Å². The van der Waals surface area contributed by atoms with Crippen LogP contribution in [0.15, 0.2) is 35.1 Å². The minimum absolute atomic E-state index is 0.267. The van der Waals surface area contributed by atoms with Gasteiger partial charge in [-0.05, 0) is 36.0 Å². The van der Waals surface area contributed by atoms with Gasteiger partial charge in [0.15, 0.2) is 0 Å². The Balaban J connectivity index is 2.31. The van der Waals surface area contributed by atoms with Crippen LogP contribution >= 0.6 is 0 Å². The molecule has 3 heteroatoms. The summed E-state index contributed by atoms with van der Waals surface area (Å²) < 4.78 is 0. The van der Waals surface area contributed by atoms with Crippen LogP contribution in [0, 0.1) is 11.3 Å². The zero-order valence-electron chi connectivity index (χ0n) is 9.86. The van der Waals surface area contributed by atoms with Gasteiger partial charge in [0, 0.05) is 0 Å². The summed E-state index contributed by atoms with van der Waals surface area (Å²) in [5.41, 5.74) is 4.00. The van der Waals surface area contributed by atoms with Gasteiger partial charge < -0.3 is 4.98 Å². The van der Waals surface area contributed by atoms with Crippen molar-refractivity contribution >= 4 is 0 Å². The van der Waals surface area contributed by atoms with Crippen LogP contribution in [0.4, 0.5) is 0 Å². The van der Waals surface area contributed by atoms with Crippen LogP contribution in [0.1, 0.15) is 23.1 Å². The fourth-order valence-electron chi connectivity index (χ4n) is 2.65. The van der Waals surface area contributed by atoms with Gasteiger partial charge in [-0.15, -0.1) is 0 Å². The third-order valence-electron chi connectivity index (χ3n) is 3.46. The molecule has 0 fully saturated rings. The quantitative estimate of drug-likeness (QED) is 0.826. The number of nitrogens with zero attached hydrogens (tertiary/aromatic N) is 1. The van der Waals surface area contributed by atoms with E-state index in [4.69, 9.17) is 5.26 Å². The van der Waals surface area contributed by atoms with Crippen LogP contribution < -0.4 is 5.56 Å². The highest BCUT2D eigenvalue weighted by Crippen LogP contribution is 2.30. The Hall–Kier alpha value is -2.34. The molecule has 0 amide bonds. The van der Waals surface area contributed by atoms with Crippen LogP contribution in [0.25, 0.3) is 11.3 Å². The van der Waals surface area contributed by atoms with Gasteiger partial charge in [0.25, 0.3) is 5.56 Å². The van der Waals surface area contributed by atoms with Crippen molar-refractivity contribution in [2.24, 2.45) is 0 Å². The Kier molecular flexibility index (Phi) is 2.49. The molecule has 0 unspecified atom stereocenters. The first kappa shape index (κ1) is 10.8. The van der Waals surface area contributed by atoms with E-state index in [9.17, 15) is 4.79 Å². The van der Waals surface area contributed by atoms with E-state index >= 15 is 0 Å². The van der Waals surface area contributed by atoms with E-state index in [0.717, 1.165) is 41.6 Å². The van der Waals surface area contributed by atoms with Crippen LogP contribution in [-0.2, 0) is 12.8 Å². The topological polar surface area (TPSA) is 56.6 Å². The molecule has 1 aliphatic carbocycles. The lowest BCUT2D eigenvalue weighted by atomic mass is 10.00. The smallest absolute Gasteiger partial charge is 0.266 e. The molecule has 0 spiro atoms. The van der Waals surface area contributed by atoms with E-state index in [-0.39, 0.29) is 5.56 Å². The number of hydrogen-bond donors (Lipinski definition) is 1. The van der Waals surface area contributed by atoms with Gasteiger partial charge in [0.1, 0.15) is 11.6 Å². The molecule has 18 heavy (non-hydrogen) atoms. The number of benzene rings is 1. The fraction of sp³-hybridized carbons (Fsp3) is 0.200. The van der Waals surface area contributed by atoms with Gasteiger partial charge in [-0.2, -0.15) is 5.26 Å². The second kappa shape index (κ2) is 4.15. The van der Waals surface area contributed by atoms with Crippen molar-refractivity contribution in [2.75, 3.05) is 0 Å². The molecule has 2 aromatic rings. The molecule has 0 bridgehead atoms. The van der Waals surface area contributed by atoms with Gasteiger partial charge in [0.05, 0.1) is 5.69 Å². The minimum Gasteiger partial charge on any atom is -0.321 e. The standard InChI is InChI=1S/C15H12N2O/c16-9-13-11-7-4-8-12(11)14(17-15(13)18)10-5-2-1-3-6-10/h1-3,5-6H,4,7-8H2,(H,17,18). The van der Waals surface area contributed by atoms with E-state index in [1.165, 1.54) is 0 Å². The van der Waals surface area contributed by atoms with E-state index in [2.05, 4.69) is 4.98 Å². The molecule has 0 saturated carbocycles. The molecule has 0 aliphatic heterocycles. The molecule has 1 heterocycles. The van der Waals surface area contributed by atoms with Crippen molar-refractivity contribution < 1.29 is 0 Å². The normalized spacial score (nSPS) is 13.1. The number of aromatic amines is 1. The van der Waals surface area contributed by atoms with Crippen molar-refractivity contribution in [3.8, 4) is 17.3 Å². The third-order valence-corrected chi connectivity index (χ3v) is 3.46. The van der Waals surface area contributed by atoms with E-state index in [0.29, 0.717) is 5.56 Å². The van der Waals surface area contributed by atoms with Crippen molar-refractivity contribution in [3.05, 3.63) is 57.4 Å². The molecule has 1 aliphatic rings. The second-order valence-corrected chi connectivity index (χ2v) is 4.49. The molecule has 1 aromatic heterocycles. The zero-order valence-corrected chi connectivity index (χ0v) is 9.86. The number of fused-ring (bicyclic) bond motifs is 1. The van der Waals surface area contributed by atoms with E-state index in [1.807, 2.05) is 36.4 Å². The van der Waals surface area contributed by atoms with Crippen LogP contribution in [0.2, 0.25) is 0 Å². The molecule has 1 N–H and O–H groups in total. The first-order valence-corrected chi connectivity index (χ1v) is 6.05. The number of nitriles is 1. The number of nitrogens with one attached hydrogen (secondary N) is 1. The maximum Gasteiger partial charge on any atom is 0.266 e. The highest BCUT2D eigenvalue weighted by Gasteiger charge is 2.22. The number of pyridine rings is 1. The summed E-state index contributed by atoms with van der Waals surface area (Å²) >= 11 is 0. The average Bonchev–Trinajstić information content (AvgIpc) is 2.88. The second-order valence-electron chi connectivity index (χ2n) is 4.49. The highest BCUT2D eigenvalue weighted by atomic mass is 16.1. The minimum atomic E-state index is -0.267. The lowest BCUT2D eigenvalue weighted by molar-refractivity contribution is 0.911. The fourth-order valence-corrected chi connectivity index (χ4v) is 2.65. The summed E-state index contributed by atoms with van der Waals surface area (Å²) in [6.45, 7) is 0. The van der Waals surface area contributed by atoms with Crippen molar-refractivity contribution in [1.82, 2.24) is 4.98 Å². The molecule has 88 valence electrons. The SMILES string of the molecule is N#Cc1c2c(c(-c3ccccc3)[nH]c1=O)CCC2. The summed E-state index contributed by atoms with van der Waals surface area (Å²) in [7, 11) is 0. The van der Waals surface area contributed by atoms with Crippen molar-refractivity contribution in [3.63, 3.8) is 0 Å². The lowest BCUT2D eigenvalue weighted by Gasteiger charge is -2.09. The maximum atomic E-state index is 11.9. The number of aromatic nitrogens is 1. The third kappa shape index (κ3) is 1.54. The molecule has 3 nitrogen and oxygen atoms in total. The average molecular weight is 236 g/mol. The van der Waals surface area contributed by atoms with E-state index < -0.39 is 0 Å². The van der Waals surface area contributed by atoms with Crippen LogP contribution in [0.3, 0.4) is 0 Å². The van der Waals surface area contributed by atoms with Gasteiger partial charge in [-0.25, -0.2) is 0 Å². The Labute approximate surface area is 105 Å². The largest absolute Gasteiger partial charge is 0.321 e. The number of hydrogen-bond acceptors (Lipinski definition) is 2. The molecule has 3 rings (SSSR count). The molecule has 0 saturated heterocycles. The summed E-state index contributed by atoms with van der Waals surface area (Å²) in [6, 6.07) is 11.8. The first-order valence-electron chi connectivity index (χ1n) is 6.05. The van der Waals surface area contributed by atoms with Gasteiger partial charge >= 0.3 is 0 Å². The Morgan fingerprint density at radius 1 is 1.11 bits per heavy atom. The molecule has 0 radical (unpaired) electrons. The molecular formula is C15H12N2O. The molecule has 0 atom stereocenters. The number of rotatable bonds is 1. The Bertz CT molecular complexity index is 693. The van der Waals surface area contributed by atoms with Crippen LogP contribution in [-0.4, -0.2) is 4.98 Å². The van der Waals surface area contributed by atoms with Crippen LogP contribution in [0.5, 0.6) is 0 Å². The molecule has 1 aromatic carbocycles. The van der Waals surface area contributed by atoms with Gasteiger partial charge in [0.2, 0.25) is 0 Å². The predicted octanol–water partition coefficient (Wildman–Crippen LogP) is 2.40. The van der Waals surface area contributed by atoms with Crippen molar-refractivity contribution in [2.45, 2.75) is 19.3 Å². The predicted molar refractivity (Wildman–Crippen MR) is 69.2 cm³/mol. The van der Waals surface area contributed by atoms with E-state index in [1.54, 1.807) is 0 Å². The summed E-state index contributed by atoms with van der Waals surface area (Å²) in [6.07, 6.45) is 2.79. The monoisotopic (exact) mass is 236 g/mol. The summed E-state index contributed by atoms with van der Waals surface area (Å²) in [5, 5.41) is 9.07. The number of H-pyrrole nitrogens is 1. The maximum absolute atomic E-state index is 11.9.